The molecule has 2 rings (SSSR count). The van der Waals surface area contributed by atoms with Gasteiger partial charge in [0.2, 0.25) is 11.8 Å². The molecule has 1 N–H and O–H groups in total. The Morgan fingerprint density at radius 3 is 2.19 bits per heavy atom. The van der Waals surface area contributed by atoms with Gasteiger partial charge in [0.15, 0.2) is 5.78 Å². The van der Waals surface area contributed by atoms with E-state index in [0.29, 0.717) is 11.3 Å². The first-order valence-corrected chi connectivity index (χ1v) is 8.61. The zero-order valence-corrected chi connectivity index (χ0v) is 15.6. The Kier molecular flexibility index (Phi) is 6.28. The smallest absolute Gasteiger partial charge is 0.244 e. The lowest BCUT2D eigenvalue weighted by molar-refractivity contribution is -0.120. The van der Waals surface area contributed by atoms with Crippen LogP contribution < -0.4 is 10.2 Å². The number of nitrogens with zero attached hydrogens (tertiary/aromatic N) is 1. The molecule has 0 spiro atoms. The quantitative estimate of drug-likeness (QED) is 0.805. The number of hydrogen-bond acceptors (Lipinski definition) is 3. The molecule has 0 saturated heterocycles. The maximum atomic E-state index is 12.5. The van der Waals surface area contributed by atoms with Crippen LogP contribution in [0.4, 0.5) is 11.4 Å². The summed E-state index contributed by atoms with van der Waals surface area (Å²) in [5.41, 5.74) is 3.99. The highest BCUT2D eigenvalue weighted by Crippen LogP contribution is 2.22. The van der Waals surface area contributed by atoms with Gasteiger partial charge in [-0.1, -0.05) is 25.1 Å². The first-order chi connectivity index (χ1) is 12.3. The predicted molar refractivity (Wildman–Crippen MR) is 104 cm³/mol. The van der Waals surface area contributed by atoms with Crippen LogP contribution in [0.25, 0.3) is 0 Å². The van der Waals surface area contributed by atoms with Crippen LogP contribution in [0, 0.1) is 6.92 Å². The summed E-state index contributed by atoms with van der Waals surface area (Å²) in [5.74, 6) is -0.550. The monoisotopic (exact) mass is 352 g/mol. The molecular weight excluding hydrogens is 328 g/mol. The molecule has 0 aliphatic carbocycles. The lowest BCUT2D eigenvalue weighted by Gasteiger charge is -2.22. The minimum absolute atomic E-state index is 0.0460. The van der Waals surface area contributed by atoms with Crippen molar-refractivity contribution in [3.8, 4) is 0 Å². The topological polar surface area (TPSA) is 66.5 Å². The second kappa shape index (κ2) is 8.43. The van der Waals surface area contributed by atoms with Crippen LogP contribution in [0.2, 0.25) is 0 Å². The Bertz CT molecular complexity index is 826. The van der Waals surface area contributed by atoms with E-state index in [1.807, 2.05) is 32.0 Å². The fraction of sp³-hybridized carbons (Fsp3) is 0.286. The fourth-order valence-corrected chi connectivity index (χ4v) is 2.79. The second-order valence-corrected chi connectivity index (χ2v) is 6.22. The van der Waals surface area contributed by atoms with Gasteiger partial charge in [0, 0.05) is 23.9 Å². The van der Waals surface area contributed by atoms with E-state index in [9.17, 15) is 14.4 Å². The standard InChI is InChI=1S/C21H24N2O3/c1-5-17-8-6-7-14(2)21(17)22-20(26)13-23(16(4)25)19-11-9-18(10-12-19)15(3)24/h6-12H,5,13H2,1-4H3,(H,22,26). The first-order valence-electron chi connectivity index (χ1n) is 8.61. The van der Waals surface area contributed by atoms with Gasteiger partial charge in [-0.3, -0.25) is 14.4 Å². The maximum Gasteiger partial charge on any atom is 0.244 e. The maximum absolute atomic E-state index is 12.5. The summed E-state index contributed by atoms with van der Waals surface area (Å²) in [6.45, 7) is 6.78. The molecular formula is C21H24N2O3. The van der Waals surface area contributed by atoms with E-state index in [4.69, 9.17) is 0 Å². The van der Waals surface area contributed by atoms with Crippen LogP contribution in [0.3, 0.4) is 0 Å². The van der Waals surface area contributed by atoms with Crippen LogP contribution in [-0.4, -0.2) is 24.1 Å². The van der Waals surface area contributed by atoms with E-state index in [0.717, 1.165) is 23.2 Å². The average molecular weight is 352 g/mol. The zero-order chi connectivity index (χ0) is 19.3. The third-order valence-corrected chi connectivity index (χ3v) is 4.27. The third kappa shape index (κ3) is 4.57. The number of anilines is 2. The molecule has 0 saturated carbocycles. The molecule has 136 valence electrons. The van der Waals surface area contributed by atoms with Crippen molar-refractivity contribution >= 4 is 29.0 Å². The van der Waals surface area contributed by atoms with Crippen molar-refractivity contribution in [1.82, 2.24) is 0 Å². The van der Waals surface area contributed by atoms with E-state index in [2.05, 4.69) is 5.32 Å². The molecule has 0 aromatic heterocycles. The average Bonchev–Trinajstić information content (AvgIpc) is 2.61. The fourth-order valence-electron chi connectivity index (χ4n) is 2.79. The van der Waals surface area contributed by atoms with Crippen molar-refractivity contribution in [1.29, 1.82) is 0 Å². The van der Waals surface area contributed by atoms with Crippen molar-refractivity contribution in [2.45, 2.75) is 34.1 Å². The highest BCUT2D eigenvalue weighted by Gasteiger charge is 2.17. The summed E-state index contributed by atoms with van der Waals surface area (Å²) >= 11 is 0. The molecule has 0 heterocycles. The summed E-state index contributed by atoms with van der Waals surface area (Å²) < 4.78 is 0. The van der Waals surface area contributed by atoms with Gasteiger partial charge in [-0.25, -0.2) is 0 Å². The molecule has 2 aromatic carbocycles. The molecule has 26 heavy (non-hydrogen) atoms. The van der Waals surface area contributed by atoms with Gasteiger partial charge in [0.25, 0.3) is 0 Å². The molecule has 0 atom stereocenters. The van der Waals surface area contributed by atoms with Crippen LogP contribution in [0.1, 0.15) is 42.3 Å². The lowest BCUT2D eigenvalue weighted by atomic mass is 10.1. The Hall–Kier alpha value is -2.95. The number of benzene rings is 2. The van der Waals surface area contributed by atoms with Crippen LogP contribution in [0.15, 0.2) is 42.5 Å². The number of Topliss-reactive ketones (excluding diaryl/α,β-unsaturated/α-hetero) is 1. The lowest BCUT2D eigenvalue weighted by Crippen LogP contribution is -2.37. The summed E-state index contributed by atoms with van der Waals surface area (Å²) in [4.78, 5) is 37.3. The molecule has 5 nitrogen and oxygen atoms in total. The zero-order valence-electron chi connectivity index (χ0n) is 15.6. The number of para-hydroxylation sites is 1. The minimum Gasteiger partial charge on any atom is -0.324 e. The Morgan fingerprint density at radius 1 is 1.00 bits per heavy atom. The van der Waals surface area contributed by atoms with E-state index in [-0.39, 0.29) is 24.1 Å². The number of carbonyl (C=O) groups excluding carboxylic acids is 3. The molecule has 0 bridgehead atoms. The highest BCUT2D eigenvalue weighted by atomic mass is 16.2. The SMILES string of the molecule is CCc1cccc(C)c1NC(=O)CN(C(C)=O)c1ccc(C(C)=O)cc1. The number of ketones is 1. The van der Waals surface area contributed by atoms with Crippen molar-refractivity contribution in [3.05, 3.63) is 59.2 Å². The van der Waals surface area contributed by atoms with Crippen molar-refractivity contribution in [3.63, 3.8) is 0 Å². The van der Waals surface area contributed by atoms with Crippen molar-refractivity contribution in [2.75, 3.05) is 16.8 Å². The van der Waals surface area contributed by atoms with E-state index >= 15 is 0 Å². The van der Waals surface area contributed by atoms with Crippen LogP contribution in [0.5, 0.6) is 0 Å². The summed E-state index contributed by atoms with van der Waals surface area (Å²) in [5, 5.41) is 2.93. The number of nitrogens with one attached hydrogen (secondary N) is 1. The van der Waals surface area contributed by atoms with Gasteiger partial charge < -0.3 is 10.2 Å². The van der Waals surface area contributed by atoms with Gasteiger partial charge in [0.1, 0.15) is 6.54 Å². The van der Waals surface area contributed by atoms with Gasteiger partial charge in [-0.05, 0) is 55.7 Å². The van der Waals surface area contributed by atoms with Gasteiger partial charge in [-0.2, -0.15) is 0 Å². The Labute approximate surface area is 154 Å². The summed E-state index contributed by atoms with van der Waals surface area (Å²) in [6, 6.07) is 12.5. The van der Waals surface area contributed by atoms with Crippen molar-refractivity contribution < 1.29 is 14.4 Å². The highest BCUT2D eigenvalue weighted by molar-refractivity contribution is 6.02. The number of hydrogen-bond donors (Lipinski definition) is 1. The van der Waals surface area contributed by atoms with Crippen LogP contribution >= 0.6 is 0 Å². The first kappa shape index (κ1) is 19.4. The molecule has 0 unspecified atom stereocenters. The third-order valence-electron chi connectivity index (χ3n) is 4.27. The van der Waals surface area contributed by atoms with Gasteiger partial charge in [0.05, 0.1) is 0 Å². The molecule has 0 radical (unpaired) electrons. The molecule has 5 heteroatoms. The molecule has 2 amide bonds. The predicted octanol–water partition coefficient (Wildman–Crippen LogP) is 3.75. The molecule has 0 aliphatic heterocycles. The Balaban J connectivity index is 2.19. The number of aryl methyl sites for hydroxylation is 2. The number of amides is 2. The Morgan fingerprint density at radius 2 is 1.65 bits per heavy atom. The van der Waals surface area contributed by atoms with Crippen molar-refractivity contribution in [2.24, 2.45) is 0 Å². The van der Waals surface area contributed by atoms with E-state index in [1.54, 1.807) is 24.3 Å². The summed E-state index contributed by atoms with van der Waals surface area (Å²) in [7, 11) is 0. The normalized spacial score (nSPS) is 10.3. The second-order valence-electron chi connectivity index (χ2n) is 6.22. The molecule has 0 fully saturated rings. The van der Waals surface area contributed by atoms with Crippen LogP contribution in [-0.2, 0) is 16.0 Å². The van der Waals surface area contributed by atoms with E-state index in [1.165, 1.54) is 18.7 Å². The van der Waals surface area contributed by atoms with Gasteiger partial charge >= 0.3 is 0 Å². The molecule has 2 aromatic rings. The number of carbonyl (C=O) groups is 3. The largest absolute Gasteiger partial charge is 0.324 e. The minimum atomic E-state index is -0.264. The van der Waals surface area contributed by atoms with Gasteiger partial charge in [-0.15, -0.1) is 0 Å². The summed E-state index contributed by atoms with van der Waals surface area (Å²) in [6.07, 6.45) is 0.806. The number of rotatable bonds is 6. The molecule has 0 aliphatic rings. The van der Waals surface area contributed by atoms with E-state index < -0.39 is 0 Å².